The van der Waals surface area contributed by atoms with Crippen LogP contribution in [0.2, 0.25) is 5.02 Å². The minimum Gasteiger partial charge on any atom is -0.354 e. The molecule has 3 rings (SSSR count). The maximum Gasteiger partial charge on any atom is 0.264 e. The van der Waals surface area contributed by atoms with Crippen LogP contribution < -0.4 is 9.62 Å². The largest absolute Gasteiger partial charge is 0.354 e. The molecule has 0 aliphatic heterocycles. The highest BCUT2D eigenvalue weighted by Crippen LogP contribution is 2.26. The number of hydrogen-bond acceptors (Lipinski definition) is 4. The second kappa shape index (κ2) is 12.9. The molecule has 0 radical (unpaired) electrons. The molecule has 0 heterocycles. The van der Waals surface area contributed by atoms with Gasteiger partial charge < -0.3 is 10.2 Å². The summed E-state index contributed by atoms with van der Waals surface area (Å²) in [6.07, 6.45) is 0. The Hall–Kier alpha value is -3.43. The molecule has 1 N–H and O–H groups in total. The van der Waals surface area contributed by atoms with Crippen molar-refractivity contribution in [1.82, 2.24) is 10.2 Å². The number of rotatable bonds is 11. The Balaban J connectivity index is 1.99. The van der Waals surface area contributed by atoms with E-state index in [1.165, 1.54) is 47.4 Å². The summed E-state index contributed by atoms with van der Waals surface area (Å²) in [6, 6.07) is 18.6. The van der Waals surface area contributed by atoms with Crippen LogP contribution in [0.4, 0.5) is 10.1 Å². The second-order valence-electron chi connectivity index (χ2n) is 9.27. The molecule has 0 aliphatic carbocycles. The molecule has 3 aromatic carbocycles. The summed E-state index contributed by atoms with van der Waals surface area (Å²) in [4.78, 5) is 28.0. The summed E-state index contributed by atoms with van der Waals surface area (Å²) in [5.41, 5.74) is 0.789. The molecule has 0 bridgehead atoms. The number of sulfonamides is 1. The van der Waals surface area contributed by atoms with Crippen molar-refractivity contribution in [3.05, 3.63) is 95.3 Å². The molecule has 0 aliphatic rings. The van der Waals surface area contributed by atoms with Crippen molar-refractivity contribution >= 4 is 39.1 Å². The lowest BCUT2D eigenvalue weighted by atomic mass is 10.1. The minimum absolute atomic E-state index is 0.000542. The number of nitrogens with zero attached hydrogens (tertiary/aromatic N) is 2. The first-order valence-corrected chi connectivity index (χ1v) is 14.0. The molecule has 0 fully saturated rings. The Kier molecular flexibility index (Phi) is 9.88. The fourth-order valence-electron chi connectivity index (χ4n) is 3.70. The first kappa shape index (κ1) is 29.1. The van der Waals surface area contributed by atoms with Crippen LogP contribution in [0, 0.1) is 11.7 Å². The summed E-state index contributed by atoms with van der Waals surface area (Å²) in [5.74, 6) is -1.23. The molecule has 0 unspecified atom stereocenters. The quantitative estimate of drug-likeness (QED) is 0.363. The molecule has 202 valence electrons. The number of benzene rings is 3. The SMILES string of the molecule is CC(C)CNC(=O)[C@H](C)N(Cc1ccc(F)cc1)C(=O)CN(c1cccc(Cl)c1)S(=O)(=O)c1ccccc1. The number of carbonyl (C=O) groups excluding carboxylic acids is 2. The van der Waals surface area contributed by atoms with Crippen LogP contribution in [0.5, 0.6) is 0 Å². The van der Waals surface area contributed by atoms with Crippen molar-refractivity contribution < 1.29 is 22.4 Å². The van der Waals surface area contributed by atoms with Gasteiger partial charge >= 0.3 is 0 Å². The number of hydrogen-bond donors (Lipinski definition) is 1. The Bertz CT molecular complexity index is 1350. The van der Waals surface area contributed by atoms with Crippen LogP contribution in [-0.2, 0) is 26.2 Å². The lowest BCUT2D eigenvalue weighted by Crippen LogP contribution is -2.51. The van der Waals surface area contributed by atoms with E-state index in [0.717, 1.165) is 4.31 Å². The second-order valence-corrected chi connectivity index (χ2v) is 11.6. The average molecular weight is 560 g/mol. The van der Waals surface area contributed by atoms with Gasteiger partial charge in [-0.1, -0.05) is 61.8 Å². The van der Waals surface area contributed by atoms with Gasteiger partial charge in [-0.25, -0.2) is 12.8 Å². The zero-order valence-electron chi connectivity index (χ0n) is 21.5. The van der Waals surface area contributed by atoms with Crippen LogP contribution >= 0.6 is 11.6 Å². The first-order chi connectivity index (χ1) is 18.0. The summed E-state index contributed by atoms with van der Waals surface area (Å²) in [5, 5.41) is 3.12. The Morgan fingerprint density at radius 2 is 1.61 bits per heavy atom. The van der Waals surface area contributed by atoms with E-state index in [1.807, 2.05) is 13.8 Å². The highest BCUT2D eigenvalue weighted by atomic mass is 35.5. The van der Waals surface area contributed by atoms with Gasteiger partial charge in [-0.2, -0.15) is 0 Å². The third kappa shape index (κ3) is 7.55. The van der Waals surface area contributed by atoms with E-state index in [0.29, 0.717) is 17.1 Å². The smallest absolute Gasteiger partial charge is 0.264 e. The predicted octanol–water partition coefficient (Wildman–Crippen LogP) is 4.86. The van der Waals surface area contributed by atoms with E-state index in [1.54, 1.807) is 43.3 Å². The maximum absolute atomic E-state index is 13.8. The van der Waals surface area contributed by atoms with Gasteiger partial charge in [-0.05, 0) is 60.9 Å². The van der Waals surface area contributed by atoms with Crippen LogP contribution in [0.3, 0.4) is 0 Å². The highest BCUT2D eigenvalue weighted by molar-refractivity contribution is 7.92. The van der Waals surface area contributed by atoms with Crippen molar-refractivity contribution in [3.63, 3.8) is 0 Å². The van der Waals surface area contributed by atoms with Crippen LogP contribution in [0.1, 0.15) is 26.3 Å². The molecule has 3 aromatic rings. The third-order valence-electron chi connectivity index (χ3n) is 5.82. The van der Waals surface area contributed by atoms with Gasteiger partial charge in [0.25, 0.3) is 10.0 Å². The Morgan fingerprint density at radius 3 is 2.21 bits per heavy atom. The minimum atomic E-state index is -4.17. The van der Waals surface area contributed by atoms with Gasteiger partial charge in [-0.3, -0.25) is 13.9 Å². The van der Waals surface area contributed by atoms with Crippen molar-refractivity contribution in [2.45, 2.75) is 38.3 Å². The first-order valence-electron chi connectivity index (χ1n) is 12.1. The zero-order valence-corrected chi connectivity index (χ0v) is 23.0. The standard InChI is InChI=1S/C28H31ClFN3O4S/c1-20(2)17-31-28(35)21(3)32(18-22-12-14-24(30)15-13-22)27(34)19-33(25-9-7-8-23(29)16-25)38(36,37)26-10-5-4-6-11-26/h4-16,20-21H,17-19H2,1-3H3,(H,31,35)/t21-/m0/s1. The topological polar surface area (TPSA) is 86.8 Å². The van der Waals surface area contributed by atoms with Crippen LogP contribution in [-0.4, -0.2) is 44.3 Å². The van der Waals surface area contributed by atoms with E-state index in [9.17, 15) is 22.4 Å². The van der Waals surface area contributed by atoms with Crippen molar-refractivity contribution in [3.8, 4) is 0 Å². The molecular formula is C28H31ClFN3O4S. The average Bonchev–Trinajstić information content (AvgIpc) is 2.89. The van der Waals surface area contributed by atoms with Gasteiger partial charge in [0.2, 0.25) is 11.8 Å². The number of anilines is 1. The van der Waals surface area contributed by atoms with Crippen molar-refractivity contribution in [1.29, 1.82) is 0 Å². The van der Waals surface area contributed by atoms with E-state index >= 15 is 0 Å². The Labute approximate surface area is 228 Å². The van der Waals surface area contributed by atoms with Gasteiger partial charge in [-0.15, -0.1) is 0 Å². The van der Waals surface area contributed by atoms with Crippen LogP contribution in [0.15, 0.2) is 83.8 Å². The summed E-state index contributed by atoms with van der Waals surface area (Å²) in [6.45, 7) is 5.28. The van der Waals surface area contributed by atoms with E-state index < -0.39 is 34.3 Å². The molecule has 2 amide bonds. The molecule has 1 atom stereocenters. The molecule has 0 saturated carbocycles. The predicted molar refractivity (Wildman–Crippen MR) is 147 cm³/mol. The molecule has 0 aromatic heterocycles. The van der Waals surface area contributed by atoms with Gasteiger partial charge in [0, 0.05) is 18.1 Å². The lowest BCUT2D eigenvalue weighted by Gasteiger charge is -2.32. The lowest BCUT2D eigenvalue weighted by molar-refractivity contribution is -0.139. The van der Waals surface area contributed by atoms with Crippen LogP contribution in [0.25, 0.3) is 0 Å². The fourth-order valence-corrected chi connectivity index (χ4v) is 5.31. The monoisotopic (exact) mass is 559 g/mol. The van der Waals surface area contributed by atoms with E-state index in [4.69, 9.17) is 11.6 Å². The van der Waals surface area contributed by atoms with E-state index in [2.05, 4.69) is 5.32 Å². The molecule has 0 saturated heterocycles. The molecule has 7 nitrogen and oxygen atoms in total. The van der Waals surface area contributed by atoms with Gasteiger partial charge in [0.1, 0.15) is 18.4 Å². The fraction of sp³-hybridized carbons (Fsp3) is 0.286. The van der Waals surface area contributed by atoms with Crippen molar-refractivity contribution in [2.24, 2.45) is 5.92 Å². The number of carbonyl (C=O) groups is 2. The number of halogens is 2. The normalized spacial score (nSPS) is 12.2. The Morgan fingerprint density at radius 1 is 0.947 bits per heavy atom. The molecular weight excluding hydrogens is 529 g/mol. The molecule has 10 heteroatoms. The zero-order chi connectivity index (χ0) is 27.9. The summed E-state index contributed by atoms with van der Waals surface area (Å²) < 4.78 is 41.8. The third-order valence-corrected chi connectivity index (χ3v) is 7.85. The highest BCUT2D eigenvalue weighted by Gasteiger charge is 2.32. The summed E-state index contributed by atoms with van der Waals surface area (Å²) >= 11 is 6.16. The molecule has 38 heavy (non-hydrogen) atoms. The summed E-state index contributed by atoms with van der Waals surface area (Å²) in [7, 11) is -4.17. The van der Waals surface area contributed by atoms with Gasteiger partial charge in [0.15, 0.2) is 0 Å². The molecule has 0 spiro atoms. The van der Waals surface area contributed by atoms with Crippen molar-refractivity contribution in [2.75, 3.05) is 17.4 Å². The number of nitrogens with one attached hydrogen (secondary N) is 1. The maximum atomic E-state index is 13.8. The number of amides is 2. The van der Waals surface area contributed by atoms with Gasteiger partial charge in [0.05, 0.1) is 10.6 Å². The van der Waals surface area contributed by atoms with E-state index in [-0.39, 0.29) is 29.0 Å².